The van der Waals surface area contributed by atoms with Gasteiger partial charge in [-0.15, -0.1) is 11.3 Å². The lowest BCUT2D eigenvalue weighted by Crippen LogP contribution is -2.05. The number of ether oxygens (including phenoxy) is 1. The minimum atomic E-state index is 0.761. The number of aromatic nitrogens is 1. The Morgan fingerprint density at radius 3 is 2.94 bits per heavy atom. The summed E-state index contributed by atoms with van der Waals surface area (Å²) in [6, 6.07) is 4.43. The molecule has 0 bridgehead atoms. The second-order valence-corrected chi connectivity index (χ2v) is 5.47. The molecule has 0 aliphatic carbocycles. The van der Waals surface area contributed by atoms with Crippen LogP contribution in [0.3, 0.4) is 0 Å². The van der Waals surface area contributed by atoms with Crippen LogP contribution in [0.1, 0.15) is 23.1 Å². The van der Waals surface area contributed by atoms with Gasteiger partial charge in [0.2, 0.25) is 0 Å². The van der Waals surface area contributed by atoms with Crippen LogP contribution in [-0.4, -0.2) is 25.2 Å². The standard InChI is InChI=1S/C14H20N2OS/c1-4-17-6-5-13-16-14-11(9-15-3)7-10(2)8-12(14)18-13/h7-8,15H,4-6,9H2,1-3H3. The van der Waals surface area contributed by atoms with Crippen molar-refractivity contribution in [2.24, 2.45) is 0 Å². The second-order valence-electron chi connectivity index (χ2n) is 4.36. The van der Waals surface area contributed by atoms with Gasteiger partial charge in [-0.1, -0.05) is 6.07 Å². The van der Waals surface area contributed by atoms with Crippen molar-refractivity contribution in [3.8, 4) is 0 Å². The van der Waals surface area contributed by atoms with E-state index < -0.39 is 0 Å². The molecule has 1 aromatic heterocycles. The molecule has 0 aliphatic rings. The third-order valence-electron chi connectivity index (χ3n) is 2.79. The molecule has 18 heavy (non-hydrogen) atoms. The molecule has 0 fully saturated rings. The number of hydrogen-bond donors (Lipinski definition) is 1. The van der Waals surface area contributed by atoms with Crippen molar-refractivity contribution in [3.63, 3.8) is 0 Å². The third-order valence-corrected chi connectivity index (χ3v) is 3.86. The van der Waals surface area contributed by atoms with Crippen LogP contribution in [0.2, 0.25) is 0 Å². The summed E-state index contributed by atoms with van der Waals surface area (Å²) in [4.78, 5) is 4.74. The summed E-state index contributed by atoms with van der Waals surface area (Å²) in [7, 11) is 1.97. The average molecular weight is 264 g/mol. The molecule has 1 N–H and O–H groups in total. The van der Waals surface area contributed by atoms with E-state index >= 15 is 0 Å². The summed E-state index contributed by atoms with van der Waals surface area (Å²) in [5.41, 5.74) is 3.73. The first-order valence-electron chi connectivity index (χ1n) is 6.36. The molecule has 98 valence electrons. The Kier molecular flexibility index (Phi) is 4.69. The van der Waals surface area contributed by atoms with Gasteiger partial charge in [-0.25, -0.2) is 4.98 Å². The molecule has 0 amide bonds. The van der Waals surface area contributed by atoms with Crippen LogP contribution in [-0.2, 0) is 17.7 Å². The first-order chi connectivity index (χ1) is 8.74. The van der Waals surface area contributed by atoms with Gasteiger partial charge in [-0.05, 0) is 38.1 Å². The van der Waals surface area contributed by atoms with Crippen LogP contribution in [0.4, 0.5) is 0 Å². The molecule has 0 atom stereocenters. The number of thiazole rings is 1. The van der Waals surface area contributed by atoms with Crippen molar-refractivity contribution in [2.75, 3.05) is 20.3 Å². The lowest BCUT2D eigenvalue weighted by atomic mass is 10.1. The minimum Gasteiger partial charge on any atom is -0.381 e. The predicted molar refractivity (Wildman–Crippen MR) is 77.3 cm³/mol. The Morgan fingerprint density at radius 2 is 2.22 bits per heavy atom. The van der Waals surface area contributed by atoms with E-state index in [4.69, 9.17) is 9.72 Å². The molecule has 2 aromatic rings. The SMILES string of the molecule is CCOCCc1nc2c(CNC)cc(C)cc2s1. The van der Waals surface area contributed by atoms with Crippen molar-refractivity contribution in [1.29, 1.82) is 0 Å². The summed E-state index contributed by atoms with van der Waals surface area (Å²) in [5, 5.41) is 4.37. The summed E-state index contributed by atoms with van der Waals surface area (Å²) in [5.74, 6) is 0. The first kappa shape index (κ1) is 13.5. The van der Waals surface area contributed by atoms with Gasteiger partial charge in [-0.3, -0.25) is 0 Å². The van der Waals surface area contributed by atoms with E-state index in [2.05, 4.69) is 24.4 Å². The number of hydrogen-bond acceptors (Lipinski definition) is 4. The predicted octanol–water partition coefficient (Wildman–Crippen LogP) is 2.90. The van der Waals surface area contributed by atoms with Gasteiger partial charge in [0.1, 0.15) is 0 Å². The van der Waals surface area contributed by atoms with Gasteiger partial charge in [-0.2, -0.15) is 0 Å². The van der Waals surface area contributed by atoms with E-state index in [0.29, 0.717) is 0 Å². The van der Waals surface area contributed by atoms with Gasteiger partial charge < -0.3 is 10.1 Å². The molecule has 4 heteroatoms. The van der Waals surface area contributed by atoms with Gasteiger partial charge in [0.05, 0.1) is 21.8 Å². The minimum absolute atomic E-state index is 0.761. The molecule has 3 nitrogen and oxygen atoms in total. The highest BCUT2D eigenvalue weighted by Gasteiger charge is 2.08. The number of nitrogens with zero attached hydrogens (tertiary/aromatic N) is 1. The number of nitrogens with one attached hydrogen (secondary N) is 1. The molecule has 0 unspecified atom stereocenters. The molecule has 0 radical (unpaired) electrons. The van der Waals surface area contributed by atoms with Crippen molar-refractivity contribution in [1.82, 2.24) is 10.3 Å². The highest BCUT2D eigenvalue weighted by atomic mass is 32.1. The molecule has 0 spiro atoms. The number of aryl methyl sites for hydroxylation is 1. The molecule has 0 saturated carbocycles. The van der Waals surface area contributed by atoms with E-state index in [9.17, 15) is 0 Å². The van der Waals surface area contributed by atoms with Crippen molar-refractivity contribution >= 4 is 21.6 Å². The maximum Gasteiger partial charge on any atom is 0.0961 e. The smallest absolute Gasteiger partial charge is 0.0961 e. The topological polar surface area (TPSA) is 34.1 Å². The largest absolute Gasteiger partial charge is 0.381 e. The summed E-state index contributed by atoms with van der Waals surface area (Å²) in [6.45, 7) is 6.56. The van der Waals surface area contributed by atoms with E-state index in [1.54, 1.807) is 11.3 Å². The molecule has 0 aliphatic heterocycles. The van der Waals surface area contributed by atoms with Crippen LogP contribution in [0.25, 0.3) is 10.2 Å². The summed E-state index contributed by atoms with van der Waals surface area (Å²) in [6.07, 6.45) is 0.908. The Labute approximate surface area is 112 Å². The lowest BCUT2D eigenvalue weighted by molar-refractivity contribution is 0.151. The van der Waals surface area contributed by atoms with Crippen LogP contribution in [0.15, 0.2) is 12.1 Å². The highest BCUT2D eigenvalue weighted by Crippen LogP contribution is 2.27. The zero-order chi connectivity index (χ0) is 13.0. The molecule has 1 aromatic carbocycles. The Bertz CT molecular complexity index is 522. The normalized spacial score (nSPS) is 11.3. The quantitative estimate of drug-likeness (QED) is 0.815. The summed E-state index contributed by atoms with van der Waals surface area (Å²) < 4.78 is 6.67. The maximum absolute atomic E-state index is 5.39. The van der Waals surface area contributed by atoms with E-state index in [1.165, 1.54) is 20.8 Å². The third kappa shape index (κ3) is 3.07. The molecular weight excluding hydrogens is 244 g/mol. The van der Waals surface area contributed by atoms with E-state index in [0.717, 1.165) is 31.7 Å². The number of fused-ring (bicyclic) bond motifs is 1. The average Bonchev–Trinajstić information content (AvgIpc) is 2.72. The molecular formula is C14H20N2OS. The van der Waals surface area contributed by atoms with Crippen molar-refractivity contribution in [2.45, 2.75) is 26.8 Å². The molecule has 2 rings (SSSR count). The monoisotopic (exact) mass is 264 g/mol. The Morgan fingerprint density at radius 1 is 1.39 bits per heavy atom. The van der Waals surface area contributed by atoms with Crippen LogP contribution in [0.5, 0.6) is 0 Å². The zero-order valence-corrected chi connectivity index (χ0v) is 12.1. The van der Waals surface area contributed by atoms with Crippen LogP contribution < -0.4 is 5.32 Å². The zero-order valence-electron chi connectivity index (χ0n) is 11.2. The van der Waals surface area contributed by atoms with Gasteiger partial charge in [0, 0.05) is 19.6 Å². The van der Waals surface area contributed by atoms with Gasteiger partial charge in [0.25, 0.3) is 0 Å². The molecule has 1 heterocycles. The fraction of sp³-hybridized carbons (Fsp3) is 0.500. The van der Waals surface area contributed by atoms with Crippen LogP contribution >= 0.6 is 11.3 Å². The number of rotatable bonds is 6. The van der Waals surface area contributed by atoms with Crippen molar-refractivity contribution in [3.05, 3.63) is 28.3 Å². The van der Waals surface area contributed by atoms with E-state index in [-0.39, 0.29) is 0 Å². The fourth-order valence-electron chi connectivity index (χ4n) is 2.03. The van der Waals surface area contributed by atoms with Crippen LogP contribution in [0, 0.1) is 6.92 Å². The Hall–Kier alpha value is -0.970. The van der Waals surface area contributed by atoms with Crippen molar-refractivity contribution < 1.29 is 4.74 Å². The second kappa shape index (κ2) is 6.27. The first-order valence-corrected chi connectivity index (χ1v) is 7.17. The van der Waals surface area contributed by atoms with E-state index in [1.807, 2.05) is 14.0 Å². The van der Waals surface area contributed by atoms with Gasteiger partial charge in [0.15, 0.2) is 0 Å². The number of benzene rings is 1. The fourth-order valence-corrected chi connectivity index (χ4v) is 3.13. The highest BCUT2D eigenvalue weighted by molar-refractivity contribution is 7.18. The lowest BCUT2D eigenvalue weighted by Gasteiger charge is -2.02. The molecule has 0 saturated heterocycles. The summed E-state index contributed by atoms with van der Waals surface area (Å²) >= 11 is 1.78. The Balaban J connectivity index is 2.28. The maximum atomic E-state index is 5.39. The van der Waals surface area contributed by atoms with Gasteiger partial charge >= 0.3 is 0 Å².